The van der Waals surface area contributed by atoms with Crippen molar-refractivity contribution in [3.05, 3.63) is 12.2 Å². The lowest BCUT2D eigenvalue weighted by molar-refractivity contribution is -0.144. The van der Waals surface area contributed by atoms with Gasteiger partial charge in [0.25, 0.3) is 0 Å². The zero-order chi connectivity index (χ0) is 41.2. The first-order chi connectivity index (χ1) is 28.2. The Morgan fingerprint density at radius 3 is 0.877 bits per heavy atom. The molecule has 0 unspecified atom stereocenters. The number of esters is 1. The van der Waals surface area contributed by atoms with Gasteiger partial charge in [-0.15, -0.1) is 0 Å². The Kier molecular flexibility index (Phi) is 49.6. The molecular weight excluding hydrogens is 701 g/mol. The van der Waals surface area contributed by atoms with E-state index in [1.807, 2.05) is 0 Å². The maximum absolute atomic E-state index is 12.1. The first-order valence-corrected chi connectivity index (χ1v) is 26.2. The van der Waals surface area contributed by atoms with Crippen molar-refractivity contribution in [2.24, 2.45) is 0 Å². The van der Waals surface area contributed by atoms with Crippen LogP contribution in [0.1, 0.15) is 309 Å². The molecule has 0 aliphatic carbocycles. The summed E-state index contributed by atoms with van der Waals surface area (Å²) in [7, 11) is 0. The first-order valence-electron chi connectivity index (χ1n) is 26.2. The fourth-order valence-corrected chi connectivity index (χ4v) is 8.28. The molecule has 57 heavy (non-hydrogen) atoms. The highest BCUT2D eigenvalue weighted by Crippen LogP contribution is 2.17. The first kappa shape index (κ1) is 55.7. The molecule has 0 aromatic rings. The molecule has 0 heterocycles. The number of rotatable bonds is 50. The van der Waals surface area contributed by atoms with Crippen molar-refractivity contribution in [1.82, 2.24) is 0 Å². The summed E-state index contributed by atoms with van der Waals surface area (Å²) in [6.45, 7) is 2.91. The third-order valence-electron chi connectivity index (χ3n) is 12.2. The van der Waals surface area contributed by atoms with Gasteiger partial charge in [0.1, 0.15) is 0 Å². The van der Waals surface area contributed by atoms with E-state index in [-0.39, 0.29) is 5.97 Å². The van der Waals surface area contributed by atoms with E-state index in [9.17, 15) is 9.59 Å². The van der Waals surface area contributed by atoms with Crippen LogP contribution in [0.4, 0.5) is 0 Å². The van der Waals surface area contributed by atoms with Crippen LogP contribution >= 0.6 is 0 Å². The Labute approximate surface area is 357 Å². The van der Waals surface area contributed by atoms with Crippen molar-refractivity contribution in [2.75, 3.05) is 6.61 Å². The molecule has 0 atom stereocenters. The highest BCUT2D eigenvalue weighted by molar-refractivity contribution is 5.69. The zero-order valence-corrected chi connectivity index (χ0v) is 38.8. The van der Waals surface area contributed by atoms with E-state index in [1.165, 1.54) is 263 Å². The Balaban J connectivity index is 3.16. The second kappa shape index (κ2) is 50.8. The van der Waals surface area contributed by atoms with Gasteiger partial charge in [-0.05, 0) is 44.9 Å². The van der Waals surface area contributed by atoms with Crippen LogP contribution in [-0.4, -0.2) is 23.7 Å². The van der Waals surface area contributed by atoms with E-state index in [1.54, 1.807) is 0 Å². The van der Waals surface area contributed by atoms with Crippen molar-refractivity contribution in [3.8, 4) is 0 Å². The fraction of sp³-hybridized carbons (Fsp3) is 0.925. The summed E-state index contributed by atoms with van der Waals surface area (Å²) in [5.74, 6) is -0.632. The zero-order valence-electron chi connectivity index (χ0n) is 38.8. The number of hydrogen-bond donors (Lipinski definition) is 1. The monoisotopic (exact) mass is 803 g/mol. The summed E-state index contributed by atoms with van der Waals surface area (Å²) in [6.07, 6.45) is 65.8. The highest BCUT2D eigenvalue weighted by atomic mass is 16.5. The fourth-order valence-electron chi connectivity index (χ4n) is 8.28. The van der Waals surface area contributed by atoms with Crippen LogP contribution in [-0.2, 0) is 14.3 Å². The second-order valence-corrected chi connectivity index (χ2v) is 18.0. The van der Waals surface area contributed by atoms with Gasteiger partial charge in [-0.25, -0.2) is 0 Å². The normalized spacial score (nSPS) is 11.6. The van der Waals surface area contributed by atoms with E-state index in [2.05, 4.69) is 19.1 Å². The summed E-state index contributed by atoms with van der Waals surface area (Å²) in [6, 6.07) is 0. The molecule has 0 amide bonds. The number of aliphatic carboxylic acids is 1. The molecular formula is C53H102O4. The molecule has 0 aromatic carbocycles. The molecule has 0 radical (unpaired) electrons. The molecule has 4 heteroatoms. The van der Waals surface area contributed by atoms with Gasteiger partial charge in [-0.3, -0.25) is 9.59 Å². The largest absolute Gasteiger partial charge is 0.481 e. The van der Waals surface area contributed by atoms with Gasteiger partial charge in [0.05, 0.1) is 6.61 Å². The van der Waals surface area contributed by atoms with Gasteiger partial charge in [-0.2, -0.15) is 0 Å². The number of hydrogen-bond acceptors (Lipinski definition) is 3. The summed E-state index contributed by atoms with van der Waals surface area (Å²) >= 11 is 0. The lowest BCUT2D eigenvalue weighted by Gasteiger charge is -2.06. The number of carbonyl (C=O) groups excluding carboxylic acids is 1. The third-order valence-corrected chi connectivity index (χ3v) is 12.2. The maximum atomic E-state index is 12.1. The number of carbonyl (C=O) groups is 2. The molecule has 4 nitrogen and oxygen atoms in total. The predicted molar refractivity (Wildman–Crippen MR) is 250 cm³/mol. The quantitative estimate of drug-likeness (QED) is 0.0378. The summed E-state index contributed by atoms with van der Waals surface area (Å²) in [5, 5.41) is 8.66. The SMILES string of the molecule is CCCCCCCCC=CCCCCCCCCCCCC(=O)OCCCCCCCCCCCCCCCCCCCCCCCCCCCCCCC(=O)O. The van der Waals surface area contributed by atoms with E-state index in [0.717, 1.165) is 25.7 Å². The van der Waals surface area contributed by atoms with Crippen molar-refractivity contribution >= 4 is 11.9 Å². The van der Waals surface area contributed by atoms with Crippen molar-refractivity contribution < 1.29 is 19.4 Å². The molecule has 1 N–H and O–H groups in total. The molecule has 0 aliphatic rings. The molecule has 0 saturated heterocycles. The molecule has 0 rings (SSSR count). The Hall–Kier alpha value is -1.32. The van der Waals surface area contributed by atoms with Crippen LogP contribution in [0.15, 0.2) is 12.2 Å². The molecule has 0 aliphatic heterocycles. The average molecular weight is 803 g/mol. The molecule has 0 aromatic heterocycles. The Morgan fingerprint density at radius 1 is 0.333 bits per heavy atom. The van der Waals surface area contributed by atoms with Crippen molar-refractivity contribution in [3.63, 3.8) is 0 Å². The van der Waals surface area contributed by atoms with Crippen LogP contribution in [0.2, 0.25) is 0 Å². The number of unbranched alkanes of at least 4 members (excludes halogenated alkanes) is 42. The second-order valence-electron chi connectivity index (χ2n) is 18.0. The average Bonchev–Trinajstić information content (AvgIpc) is 3.20. The standard InChI is InChI=1S/C53H102O4/c1-2-3-4-5-6-7-8-9-10-11-22-26-29-32-35-38-41-44-47-50-53(56)57-51-48-45-42-39-36-33-30-27-24-21-19-17-15-13-12-14-16-18-20-23-25-28-31-34-37-40-43-46-49-52(54)55/h9-10H,2-8,11-51H2,1H3,(H,54,55). The number of carboxylic acid groups (broad SMARTS) is 1. The Bertz CT molecular complexity index is 807. The summed E-state index contributed by atoms with van der Waals surface area (Å²) in [4.78, 5) is 22.6. The van der Waals surface area contributed by atoms with E-state index in [0.29, 0.717) is 19.4 Å². The van der Waals surface area contributed by atoms with Gasteiger partial charge in [-0.1, -0.05) is 263 Å². The molecule has 0 saturated carbocycles. The van der Waals surface area contributed by atoms with Crippen LogP contribution < -0.4 is 0 Å². The smallest absolute Gasteiger partial charge is 0.305 e. The number of ether oxygens (including phenoxy) is 1. The minimum atomic E-state index is -0.653. The van der Waals surface area contributed by atoms with Crippen LogP contribution in [0.3, 0.4) is 0 Å². The van der Waals surface area contributed by atoms with Gasteiger partial charge in [0.15, 0.2) is 0 Å². The number of allylic oxidation sites excluding steroid dienone is 2. The minimum absolute atomic E-state index is 0.0209. The van der Waals surface area contributed by atoms with E-state index >= 15 is 0 Å². The van der Waals surface area contributed by atoms with Gasteiger partial charge in [0, 0.05) is 12.8 Å². The number of carboxylic acids is 1. The van der Waals surface area contributed by atoms with Crippen LogP contribution in [0.25, 0.3) is 0 Å². The predicted octanol–water partition coefficient (Wildman–Crippen LogP) is 18.5. The third kappa shape index (κ3) is 52.7. The van der Waals surface area contributed by atoms with Crippen molar-refractivity contribution in [1.29, 1.82) is 0 Å². The lowest BCUT2D eigenvalue weighted by Crippen LogP contribution is -2.05. The lowest BCUT2D eigenvalue weighted by atomic mass is 10.0. The maximum Gasteiger partial charge on any atom is 0.305 e. The van der Waals surface area contributed by atoms with Gasteiger partial charge in [0.2, 0.25) is 0 Å². The molecule has 0 spiro atoms. The van der Waals surface area contributed by atoms with E-state index in [4.69, 9.17) is 9.84 Å². The summed E-state index contributed by atoms with van der Waals surface area (Å²) in [5.41, 5.74) is 0. The molecule has 0 bridgehead atoms. The topological polar surface area (TPSA) is 63.6 Å². The van der Waals surface area contributed by atoms with E-state index < -0.39 is 5.97 Å². The van der Waals surface area contributed by atoms with Gasteiger partial charge < -0.3 is 9.84 Å². The van der Waals surface area contributed by atoms with Crippen LogP contribution in [0, 0.1) is 0 Å². The minimum Gasteiger partial charge on any atom is -0.481 e. The van der Waals surface area contributed by atoms with Crippen LogP contribution in [0.5, 0.6) is 0 Å². The Morgan fingerprint density at radius 2 is 0.579 bits per heavy atom. The van der Waals surface area contributed by atoms with Gasteiger partial charge >= 0.3 is 11.9 Å². The molecule has 0 fully saturated rings. The summed E-state index contributed by atoms with van der Waals surface area (Å²) < 4.78 is 5.49. The van der Waals surface area contributed by atoms with Crippen molar-refractivity contribution in [2.45, 2.75) is 309 Å². The molecule has 338 valence electrons. The highest BCUT2D eigenvalue weighted by Gasteiger charge is 2.03.